The predicted octanol–water partition coefficient (Wildman–Crippen LogP) is 6.66. The third-order valence-corrected chi connectivity index (χ3v) is 7.87. The molecule has 0 radical (unpaired) electrons. The van der Waals surface area contributed by atoms with Crippen LogP contribution in [-0.2, 0) is 0 Å². The van der Waals surface area contributed by atoms with Gasteiger partial charge in [0, 0.05) is 8.07 Å². The molecule has 0 saturated carbocycles. The van der Waals surface area contributed by atoms with Gasteiger partial charge in [0.25, 0.3) is 0 Å². The SMILES string of the molecule is CCCCCCCCCC[Si](C)(C)CCCI. The van der Waals surface area contributed by atoms with Gasteiger partial charge in [0.05, 0.1) is 0 Å². The van der Waals surface area contributed by atoms with E-state index in [9.17, 15) is 0 Å². The van der Waals surface area contributed by atoms with Crippen molar-refractivity contribution in [3.05, 3.63) is 0 Å². The summed E-state index contributed by atoms with van der Waals surface area (Å²) in [6.07, 6.45) is 13.2. The minimum absolute atomic E-state index is 0.810. The summed E-state index contributed by atoms with van der Waals surface area (Å²) in [7, 11) is -0.810. The second-order valence-corrected chi connectivity index (χ2v) is 12.6. The van der Waals surface area contributed by atoms with E-state index in [1.807, 2.05) is 0 Å². The summed E-state index contributed by atoms with van der Waals surface area (Å²) >= 11 is 2.52. The van der Waals surface area contributed by atoms with Crippen LogP contribution in [0.15, 0.2) is 0 Å². The quantitative estimate of drug-likeness (QED) is 0.156. The van der Waals surface area contributed by atoms with E-state index in [0.29, 0.717) is 0 Å². The highest BCUT2D eigenvalue weighted by molar-refractivity contribution is 14.1. The van der Waals surface area contributed by atoms with E-state index in [1.54, 1.807) is 12.1 Å². The topological polar surface area (TPSA) is 0 Å². The van der Waals surface area contributed by atoms with Crippen LogP contribution in [0, 0.1) is 0 Å². The van der Waals surface area contributed by atoms with Crippen molar-refractivity contribution < 1.29 is 0 Å². The normalized spacial score (nSPS) is 12.0. The molecule has 0 aromatic carbocycles. The smallest absolute Gasteiger partial charge is 0.0474 e. The Hall–Kier alpha value is 0.947. The fourth-order valence-corrected chi connectivity index (χ4v) is 6.10. The first-order chi connectivity index (χ1) is 8.12. The molecule has 0 nitrogen and oxygen atoms in total. The Morgan fingerprint density at radius 1 is 0.706 bits per heavy atom. The van der Waals surface area contributed by atoms with Gasteiger partial charge < -0.3 is 0 Å². The van der Waals surface area contributed by atoms with Crippen molar-refractivity contribution in [3.8, 4) is 0 Å². The minimum atomic E-state index is -0.810. The molecule has 0 heterocycles. The zero-order valence-corrected chi connectivity index (χ0v) is 15.5. The van der Waals surface area contributed by atoms with Gasteiger partial charge in [-0.2, -0.15) is 0 Å². The Morgan fingerprint density at radius 2 is 1.18 bits per heavy atom. The van der Waals surface area contributed by atoms with Gasteiger partial charge in [-0.1, -0.05) is 106 Å². The van der Waals surface area contributed by atoms with Gasteiger partial charge in [0.15, 0.2) is 0 Å². The maximum absolute atomic E-state index is 2.58. The van der Waals surface area contributed by atoms with Crippen LogP contribution < -0.4 is 0 Å². The third kappa shape index (κ3) is 13.2. The Balaban J connectivity index is 3.26. The number of rotatable bonds is 12. The van der Waals surface area contributed by atoms with Gasteiger partial charge in [-0.25, -0.2) is 0 Å². The molecular formula is C15H33ISi. The van der Waals surface area contributed by atoms with Gasteiger partial charge in [-0.15, -0.1) is 0 Å². The van der Waals surface area contributed by atoms with Crippen molar-refractivity contribution in [2.24, 2.45) is 0 Å². The third-order valence-electron chi connectivity index (χ3n) is 3.69. The lowest BCUT2D eigenvalue weighted by molar-refractivity contribution is 0.583. The van der Waals surface area contributed by atoms with Crippen molar-refractivity contribution in [2.75, 3.05) is 4.43 Å². The first kappa shape index (κ1) is 17.9. The molecule has 0 fully saturated rings. The van der Waals surface area contributed by atoms with Gasteiger partial charge >= 0.3 is 0 Å². The highest BCUT2D eigenvalue weighted by Crippen LogP contribution is 2.22. The number of halogens is 1. The molecule has 0 saturated heterocycles. The summed E-state index contributed by atoms with van der Waals surface area (Å²) in [5, 5.41) is 0. The Morgan fingerprint density at radius 3 is 1.71 bits per heavy atom. The first-order valence-corrected chi connectivity index (χ1v) is 12.6. The molecule has 0 amide bonds. The summed E-state index contributed by atoms with van der Waals surface area (Å²) in [6, 6.07) is 3.12. The molecule has 0 bridgehead atoms. The van der Waals surface area contributed by atoms with Crippen molar-refractivity contribution in [1.82, 2.24) is 0 Å². The summed E-state index contributed by atoms with van der Waals surface area (Å²) in [6.45, 7) is 7.46. The predicted molar refractivity (Wildman–Crippen MR) is 93.2 cm³/mol. The molecule has 0 atom stereocenters. The lowest BCUT2D eigenvalue weighted by Gasteiger charge is -2.21. The average molecular weight is 368 g/mol. The molecule has 0 rings (SSSR count). The second kappa shape index (κ2) is 12.0. The lowest BCUT2D eigenvalue weighted by atomic mass is 10.1. The Bertz CT molecular complexity index is 157. The molecular weight excluding hydrogens is 335 g/mol. The molecule has 0 aliphatic carbocycles. The molecule has 0 aliphatic rings. The monoisotopic (exact) mass is 368 g/mol. The minimum Gasteiger partial charge on any atom is -0.0864 e. The number of hydrogen-bond acceptors (Lipinski definition) is 0. The molecule has 17 heavy (non-hydrogen) atoms. The van der Waals surface area contributed by atoms with E-state index in [1.165, 1.54) is 62.2 Å². The van der Waals surface area contributed by atoms with Gasteiger partial charge in [0.2, 0.25) is 0 Å². The fraction of sp³-hybridized carbons (Fsp3) is 1.00. The van der Waals surface area contributed by atoms with Crippen LogP contribution in [0.4, 0.5) is 0 Å². The van der Waals surface area contributed by atoms with Crippen LogP contribution >= 0.6 is 22.6 Å². The number of unbranched alkanes of at least 4 members (excludes halogenated alkanes) is 7. The van der Waals surface area contributed by atoms with Gasteiger partial charge in [0.1, 0.15) is 0 Å². The van der Waals surface area contributed by atoms with Crippen LogP contribution in [0.5, 0.6) is 0 Å². The highest BCUT2D eigenvalue weighted by atomic mass is 127. The molecule has 2 heteroatoms. The van der Waals surface area contributed by atoms with E-state index >= 15 is 0 Å². The van der Waals surface area contributed by atoms with E-state index in [2.05, 4.69) is 42.6 Å². The average Bonchev–Trinajstić information content (AvgIpc) is 2.30. The highest BCUT2D eigenvalue weighted by Gasteiger charge is 2.18. The number of alkyl halides is 1. The van der Waals surface area contributed by atoms with Crippen LogP contribution in [0.2, 0.25) is 25.2 Å². The zero-order chi connectivity index (χ0) is 13.0. The molecule has 104 valence electrons. The molecule has 0 N–H and O–H groups in total. The van der Waals surface area contributed by atoms with Crippen LogP contribution in [0.25, 0.3) is 0 Å². The van der Waals surface area contributed by atoms with E-state index < -0.39 is 8.07 Å². The van der Waals surface area contributed by atoms with E-state index in [-0.39, 0.29) is 0 Å². The van der Waals surface area contributed by atoms with Crippen molar-refractivity contribution in [2.45, 2.75) is 89.9 Å². The van der Waals surface area contributed by atoms with Crippen molar-refractivity contribution in [3.63, 3.8) is 0 Å². The van der Waals surface area contributed by atoms with Gasteiger partial charge in [-0.05, 0) is 10.8 Å². The molecule has 0 aliphatic heterocycles. The zero-order valence-electron chi connectivity index (χ0n) is 12.4. The summed E-state index contributed by atoms with van der Waals surface area (Å²) in [4.78, 5) is 0. The largest absolute Gasteiger partial charge is 0.0864 e. The Labute approximate surface area is 124 Å². The van der Waals surface area contributed by atoms with Crippen molar-refractivity contribution in [1.29, 1.82) is 0 Å². The van der Waals surface area contributed by atoms with Crippen LogP contribution in [0.1, 0.15) is 64.7 Å². The summed E-state index contributed by atoms with van der Waals surface area (Å²) in [5.74, 6) is 0. The first-order valence-electron chi connectivity index (χ1n) is 7.68. The van der Waals surface area contributed by atoms with E-state index in [0.717, 1.165) is 0 Å². The van der Waals surface area contributed by atoms with Crippen molar-refractivity contribution >= 4 is 30.7 Å². The maximum atomic E-state index is 2.58. The standard InChI is InChI=1S/C15H33ISi/c1-4-5-6-7-8-9-10-11-14-17(2,3)15-12-13-16/h4-15H2,1-3H3. The summed E-state index contributed by atoms with van der Waals surface area (Å²) < 4.78 is 1.35. The van der Waals surface area contributed by atoms with E-state index in [4.69, 9.17) is 0 Å². The number of hydrogen-bond donors (Lipinski definition) is 0. The Kier molecular flexibility index (Phi) is 12.7. The molecule has 0 aromatic heterocycles. The van der Waals surface area contributed by atoms with Gasteiger partial charge in [-0.3, -0.25) is 0 Å². The van der Waals surface area contributed by atoms with Crippen LogP contribution in [-0.4, -0.2) is 12.5 Å². The molecule has 0 unspecified atom stereocenters. The maximum Gasteiger partial charge on any atom is 0.0474 e. The molecule has 0 spiro atoms. The summed E-state index contributed by atoms with van der Waals surface area (Å²) in [5.41, 5.74) is 0. The lowest BCUT2D eigenvalue weighted by Crippen LogP contribution is -2.24. The van der Waals surface area contributed by atoms with Crippen LogP contribution in [0.3, 0.4) is 0 Å². The fourth-order valence-electron chi connectivity index (χ4n) is 2.41. The second-order valence-electron chi connectivity index (χ2n) is 6.18. The molecule has 0 aromatic rings.